The molecule has 0 saturated carbocycles. The first kappa shape index (κ1) is 48.8. The second-order valence-electron chi connectivity index (χ2n) is 17.7. The predicted molar refractivity (Wildman–Crippen MR) is 318 cm³/mol. The molecule has 0 radical (unpaired) electrons. The van der Waals surface area contributed by atoms with Crippen molar-refractivity contribution in [1.82, 2.24) is 0 Å². The van der Waals surface area contributed by atoms with E-state index in [4.69, 9.17) is 10.0 Å². The molecule has 0 aliphatic carbocycles. The summed E-state index contributed by atoms with van der Waals surface area (Å²) in [6.07, 6.45) is 0. The maximum atomic E-state index is 9.08. The van der Waals surface area contributed by atoms with E-state index in [0.29, 0.717) is 5.46 Å². The van der Waals surface area contributed by atoms with E-state index in [2.05, 4.69) is 274 Å². The zero-order chi connectivity index (χ0) is 50.5. The number of nitrogens with zero attached hydrogens (tertiary/aromatic N) is 2. The molecule has 12 rings (SSSR count). The van der Waals surface area contributed by atoms with Gasteiger partial charge < -0.3 is 19.8 Å². The van der Waals surface area contributed by atoms with Crippen molar-refractivity contribution in [3.63, 3.8) is 0 Å². The van der Waals surface area contributed by atoms with Crippen LogP contribution in [0.1, 0.15) is 0 Å². The number of hydrogen-bond donors (Lipinski definition) is 2. The number of hydrogen-bond acceptors (Lipinski definition) is 4. The van der Waals surface area contributed by atoms with E-state index >= 15 is 0 Å². The third-order valence-electron chi connectivity index (χ3n) is 12.9. The SMILES string of the molecule is Brc1ccc(N(c2ccccc2)c2ccc(-c3ccccc3)cc2)cc1.OB(O)c1cccc2ccccc12.c1ccc(-c2ccc(N(c3ccccc3)c3ccc(-c4cccc5ccccc45)cc3)cc2)cc1. The molecule has 0 aromatic heterocycles. The van der Waals surface area contributed by atoms with Gasteiger partial charge >= 0.3 is 7.12 Å². The summed E-state index contributed by atoms with van der Waals surface area (Å²) in [5.74, 6) is 0. The number of fused-ring (bicyclic) bond motifs is 2. The first-order valence-electron chi connectivity index (χ1n) is 24.7. The first-order valence-corrected chi connectivity index (χ1v) is 25.4. The van der Waals surface area contributed by atoms with Crippen molar-refractivity contribution in [1.29, 1.82) is 0 Å². The van der Waals surface area contributed by atoms with Crippen LogP contribution in [-0.4, -0.2) is 17.2 Å². The molecule has 0 aliphatic rings. The van der Waals surface area contributed by atoms with Gasteiger partial charge in [0.25, 0.3) is 0 Å². The van der Waals surface area contributed by atoms with Crippen LogP contribution in [0.25, 0.3) is 54.9 Å². The van der Waals surface area contributed by atoms with Crippen molar-refractivity contribution < 1.29 is 10.0 Å². The molecule has 0 atom stereocenters. The summed E-state index contributed by atoms with van der Waals surface area (Å²) in [7, 11) is -1.40. The minimum Gasteiger partial charge on any atom is -0.423 e. The van der Waals surface area contributed by atoms with Crippen LogP contribution in [-0.2, 0) is 0 Å². The molecule has 12 aromatic carbocycles. The minimum absolute atomic E-state index is 0.554. The van der Waals surface area contributed by atoms with Crippen LogP contribution in [0.2, 0.25) is 0 Å². The van der Waals surface area contributed by atoms with Crippen molar-refractivity contribution in [3.8, 4) is 33.4 Å². The Morgan fingerprint density at radius 2 is 0.568 bits per heavy atom. The standard InChI is InChI=1S/C34H25N.C24H18BrN.C10H9BO2/c1-3-10-26(11-4-1)27-18-22-31(23-19-27)35(30-14-5-2-6-15-30)32-24-20-29(21-25-32)34-17-9-13-28-12-7-8-16-33(28)34;25-21-13-17-24(18-14-21)26(22-9-5-2-6-10-22)23-15-11-20(12-16-23)19-7-3-1-4-8-19;12-11(13)10-7-3-5-8-4-1-2-6-9(8)10/h1-25H;1-18H;1-7,12-13H. The van der Waals surface area contributed by atoms with E-state index in [1.54, 1.807) is 6.07 Å². The summed E-state index contributed by atoms with van der Waals surface area (Å²) in [5, 5.41) is 22.6. The van der Waals surface area contributed by atoms with Crippen LogP contribution in [0.15, 0.2) is 308 Å². The molecule has 0 fully saturated rings. The first-order chi connectivity index (χ1) is 36.5. The number of halogens is 1. The molecule has 4 nitrogen and oxygen atoms in total. The van der Waals surface area contributed by atoms with E-state index in [1.165, 1.54) is 44.2 Å². The van der Waals surface area contributed by atoms with Gasteiger partial charge in [0.1, 0.15) is 0 Å². The average molecular weight is 1020 g/mol. The van der Waals surface area contributed by atoms with E-state index < -0.39 is 7.12 Å². The van der Waals surface area contributed by atoms with Crippen LogP contribution < -0.4 is 15.3 Å². The molecule has 0 unspecified atom stereocenters. The fraction of sp³-hybridized carbons (Fsp3) is 0. The van der Waals surface area contributed by atoms with Crippen molar-refractivity contribution in [3.05, 3.63) is 308 Å². The van der Waals surface area contributed by atoms with Gasteiger partial charge in [-0.05, 0) is 145 Å². The molecular weight excluding hydrogens is 967 g/mol. The van der Waals surface area contributed by atoms with Gasteiger partial charge in [-0.15, -0.1) is 0 Å². The molecule has 12 aromatic rings. The molecule has 0 bridgehead atoms. The zero-order valence-corrected chi connectivity index (χ0v) is 42.2. The monoisotopic (exact) mass is 1020 g/mol. The molecule has 356 valence electrons. The highest BCUT2D eigenvalue weighted by Crippen LogP contribution is 2.39. The van der Waals surface area contributed by atoms with Crippen molar-refractivity contribution >= 4 is 84.2 Å². The van der Waals surface area contributed by atoms with E-state index in [-0.39, 0.29) is 0 Å². The maximum Gasteiger partial charge on any atom is 0.489 e. The average Bonchev–Trinajstić information content (AvgIpc) is 3.47. The lowest BCUT2D eigenvalue weighted by Crippen LogP contribution is -2.30. The van der Waals surface area contributed by atoms with Crippen LogP contribution in [0, 0.1) is 0 Å². The summed E-state index contributed by atoms with van der Waals surface area (Å²) in [6.45, 7) is 0. The molecule has 0 amide bonds. The Balaban J connectivity index is 0.000000140. The fourth-order valence-corrected chi connectivity index (χ4v) is 9.51. The highest BCUT2D eigenvalue weighted by atomic mass is 79.9. The Kier molecular flexibility index (Phi) is 15.6. The number of anilines is 6. The molecule has 0 aliphatic heterocycles. The second kappa shape index (κ2) is 23.6. The minimum atomic E-state index is -1.40. The van der Waals surface area contributed by atoms with Gasteiger partial charge in [-0.1, -0.05) is 234 Å². The summed E-state index contributed by atoms with van der Waals surface area (Å²) < 4.78 is 1.08. The van der Waals surface area contributed by atoms with Gasteiger partial charge in [0.15, 0.2) is 0 Å². The van der Waals surface area contributed by atoms with Crippen molar-refractivity contribution in [2.75, 3.05) is 9.80 Å². The third-order valence-corrected chi connectivity index (χ3v) is 13.4. The molecule has 74 heavy (non-hydrogen) atoms. The van der Waals surface area contributed by atoms with Crippen LogP contribution >= 0.6 is 15.9 Å². The van der Waals surface area contributed by atoms with Crippen LogP contribution in [0.3, 0.4) is 0 Å². The van der Waals surface area contributed by atoms with Crippen molar-refractivity contribution in [2.24, 2.45) is 0 Å². The van der Waals surface area contributed by atoms with E-state index in [0.717, 1.165) is 49.4 Å². The number of para-hydroxylation sites is 2. The summed E-state index contributed by atoms with van der Waals surface area (Å²) in [4.78, 5) is 4.57. The van der Waals surface area contributed by atoms with Gasteiger partial charge in [0.2, 0.25) is 0 Å². The normalized spacial score (nSPS) is 10.6. The Bertz CT molecular complexity index is 3670. The van der Waals surface area contributed by atoms with Crippen LogP contribution in [0.4, 0.5) is 34.1 Å². The third kappa shape index (κ3) is 11.6. The molecular formula is C68H52BBrN2O2. The molecule has 0 saturated heterocycles. The summed E-state index contributed by atoms with van der Waals surface area (Å²) in [6, 6.07) is 105. The van der Waals surface area contributed by atoms with E-state index in [9.17, 15) is 0 Å². The Labute approximate surface area is 442 Å². The molecule has 2 N–H and O–H groups in total. The number of rotatable bonds is 10. The van der Waals surface area contributed by atoms with Crippen molar-refractivity contribution in [2.45, 2.75) is 0 Å². The highest BCUT2D eigenvalue weighted by molar-refractivity contribution is 9.10. The topological polar surface area (TPSA) is 46.9 Å². The lowest BCUT2D eigenvalue weighted by molar-refractivity contribution is 0.426. The zero-order valence-electron chi connectivity index (χ0n) is 40.6. The smallest absolute Gasteiger partial charge is 0.423 e. The largest absolute Gasteiger partial charge is 0.489 e. The maximum absolute atomic E-state index is 9.08. The summed E-state index contributed by atoms with van der Waals surface area (Å²) >= 11 is 3.52. The molecule has 6 heteroatoms. The van der Waals surface area contributed by atoms with Gasteiger partial charge in [0.05, 0.1) is 0 Å². The fourth-order valence-electron chi connectivity index (χ4n) is 9.25. The lowest BCUT2D eigenvalue weighted by Gasteiger charge is -2.26. The quantitative estimate of drug-likeness (QED) is 0.134. The van der Waals surface area contributed by atoms with Gasteiger partial charge in [-0.25, -0.2) is 0 Å². The molecule has 0 spiro atoms. The van der Waals surface area contributed by atoms with E-state index in [1.807, 2.05) is 48.5 Å². The Morgan fingerprint density at radius 3 is 1.01 bits per heavy atom. The van der Waals surface area contributed by atoms with Gasteiger partial charge in [0, 0.05) is 38.6 Å². The second-order valence-corrected chi connectivity index (χ2v) is 18.6. The Morgan fingerprint density at radius 1 is 0.257 bits per heavy atom. The molecule has 0 heterocycles. The highest BCUT2D eigenvalue weighted by Gasteiger charge is 2.16. The summed E-state index contributed by atoms with van der Waals surface area (Å²) in [5.41, 5.74) is 14.7. The number of benzene rings is 12. The van der Waals surface area contributed by atoms with Crippen LogP contribution in [0.5, 0.6) is 0 Å². The van der Waals surface area contributed by atoms with Gasteiger partial charge in [-0.3, -0.25) is 0 Å². The Hall–Kier alpha value is -8.78. The van der Waals surface area contributed by atoms with Gasteiger partial charge in [-0.2, -0.15) is 0 Å². The lowest BCUT2D eigenvalue weighted by atomic mass is 9.77. The predicted octanol–water partition coefficient (Wildman–Crippen LogP) is 17.7.